The number of morpholine rings is 1. The Morgan fingerprint density at radius 1 is 1.39 bits per heavy atom. The van der Waals surface area contributed by atoms with Crippen LogP contribution in [0.1, 0.15) is 12.0 Å². The van der Waals surface area contributed by atoms with Gasteiger partial charge >= 0.3 is 11.9 Å². The highest BCUT2D eigenvalue weighted by Crippen LogP contribution is 2.32. The third kappa shape index (κ3) is 3.82. The average molecular weight is 392 g/mol. The summed E-state index contributed by atoms with van der Waals surface area (Å²) in [6.07, 6.45) is -3.14. The van der Waals surface area contributed by atoms with Crippen LogP contribution in [0.3, 0.4) is 0 Å². The van der Waals surface area contributed by atoms with Gasteiger partial charge in [-0.25, -0.2) is 4.79 Å². The van der Waals surface area contributed by atoms with Crippen molar-refractivity contribution in [3.63, 3.8) is 0 Å². The first-order valence-electron chi connectivity index (χ1n) is 8.66. The van der Waals surface area contributed by atoms with Crippen molar-refractivity contribution in [2.45, 2.75) is 25.0 Å². The van der Waals surface area contributed by atoms with Gasteiger partial charge in [0.2, 0.25) is 5.91 Å². The van der Waals surface area contributed by atoms with Gasteiger partial charge < -0.3 is 29.9 Å². The molecule has 1 unspecified atom stereocenters. The molecule has 0 radical (unpaired) electrons. The highest BCUT2D eigenvalue weighted by Gasteiger charge is 2.39. The zero-order valence-electron chi connectivity index (χ0n) is 15.1. The van der Waals surface area contributed by atoms with Crippen LogP contribution in [0.5, 0.6) is 0 Å². The summed E-state index contributed by atoms with van der Waals surface area (Å²) in [5, 5.41) is 21.3. The lowest BCUT2D eigenvalue weighted by Gasteiger charge is -2.34. The molecule has 0 aliphatic carbocycles. The number of aliphatic hydroxyl groups is 1. The van der Waals surface area contributed by atoms with Crippen molar-refractivity contribution in [3.8, 4) is 0 Å². The highest BCUT2D eigenvalue weighted by atomic mass is 16.5. The molecule has 1 fully saturated rings. The van der Waals surface area contributed by atoms with Crippen LogP contribution in [-0.4, -0.2) is 66.4 Å². The molecule has 0 bridgehead atoms. The van der Waals surface area contributed by atoms with E-state index >= 15 is 0 Å². The summed E-state index contributed by atoms with van der Waals surface area (Å²) in [7, 11) is 1.26. The van der Waals surface area contributed by atoms with Crippen LogP contribution < -0.4 is 10.2 Å². The molecule has 0 saturated carbocycles. The number of carbonyl (C=O) groups is 4. The minimum atomic E-state index is -1.97. The number of carbonyl (C=O) groups excluding carboxylic acids is 3. The van der Waals surface area contributed by atoms with Crippen molar-refractivity contribution >= 4 is 35.1 Å². The SMILES string of the molecule is COC(=O)CC1Cc2ccc(N3CCO[C@H]([C@@H](O)C(=O)O)C3=O)cc2NC1=O. The molecule has 3 atom stereocenters. The van der Waals surface area contributed by atoms with Crippen molar-refractivity contribution in [1.29, 1.82) is 0 Å². The van der Waals surface area contributed by atoms with E-state index in [0.29, 0.717) is 17.8 Å². The summed E-state index contributed by atoms with van der Waals surface area (Å²) >= 11 is 0. The smallest absolute Gasteiger partial charge is 0.335 e. The van der Waals surface area contributed by atoms with Gasteiger partial charge in [0.25, 0.3) is 5.91 Å². The monoisotopic (exact) mass is 392 g/mol. The first-order chi connectivity index (χ1) is 13.3. The van der Waals surface area contributed by atoms with Crippen LogP contribution in [0, 0.1) is 5.92 Å². The molecule has 2 amide bonds. The summed E-state index contributed by atoms with van der Waals surface area (Å²) in [6, 6.07) is 5.01. The zero-order chi connectivity index (χ0) is 20.4. The number of methoxy groups -OCH3 is 1. The van der Waals surface area contributed by atoms with Crippen molar-refractivity contribution in [2.75, 3.05) is 30.5 Å². The molecule has 10 nitrogen and oxygen atoms in total. The van der Waals surface area contributed by atoms with Crippen molar-refractivity contribution in [3.05, 3.63) is 23.8 Å². The van der Waals surface area contributed by atoms with Gasteiger partial charge in [-0.1, -0.05) is 6.07 Å². The van der Waals surface area contributed by atoms with Crippen LogP contribution >= 0.6 is 0 Å². The van der Waals surface area contributed by atoms with E-state index < -0.39 is 36.0 Å². The molecule has 28 heavy (non-hydrogen) atoms. The molecule has 150 valence electrons. The van der Waals surface area contributed by atoms with Crippen LogP contribution in [0.2, 0.25) is 0 Å². The van der Waals surface area contributed by atoms with Crippen LogP contribution in [0.25, 0.3) is 0 Å². The minimum Gasteiger partial charge on any atom is -0.479 e. The van der Waals surface area contributed by atoms with E-state index in [4.69, 9.17) is 9.84 Å². The maximum atomic E-state index is 12.5. The Morgan fingerprint density at radius 2 is 2.14 bits per heavy atom. The second-order valence-electron chi connectivity index (χ2n) is 6.58. The number of nitrogens with zero attached hydrogens (tertiary/aromatic N) is 1. The number of fused-ring (bicyclic) bond motifs is 1. The number of carboxylic acids is 1. The first-order valence-corrected chi connectivity index (χ1v) is 8.66. The van der Waals surface area contributed by atoms with Gasteiger partial charge in [-0.15, -0.1) is 0 Å². The number of aliphatic hydroxyl groups excluding tert-OH is 1. The van der Waals surface area contributed by atoms with Crippen LogP contribution in [0.15, 0.2) is 18.2 Å². The molecular formula is C18H20N2O8. The number of nitrogens with one attached hydrogen (secondary N) is 1. The van der Waals surface area contributed by atoms with Gasteiger partial charge in [0.05, 0.1) is 26.1 Å². The molecule has 1 aromatic rings. The largest absolute Gasteiger partial charge is 0.479 e. The summed E-state index contributed by atoms with van der Waals surface area (Å²) in [4.78, 5) is 48.5. The Balaban J connectivity index is 1.80. The molecule has 2 heterocycles. The predicted octanol–water partition coefficient (Wildman–Crippen LogP) is -0.462. The van der Waals surface area contributed by atoms with Crippen LogP contribution in [-0.2, 0) is 35.1 Å². The summed E-state index contributed by atoms with van der Waals surface area (Å²) in [5.74, 6) is -3.54. The van der Waals surface area contributed by atoms with E-state index in [1.54, 1.807) is 18.2 Å². The first kappa shape index (κ1) is 19.8. The van der Waals surface area contributed by atoms with Gasteiger partial charge in [-0.05, 0) is 24.1 Å². The quantitative estimate of drug-likeness (QED) is 0.571. The van der Waals surface area contributed by atoms with E-state index in [1.165, 1.54) is 12.0 Å². The van der Waals surface area contributed by atoms with E-state index in [0.717, 1.165) is 5.56 Å². The molecule has 10 heteroatoms. The van der Waals surface area contributed by atoms with Crippen molar-refractivity contribution < 1.29 is 38.9 Å². The molecule has 1 saturated heterocycles. The molecule has 1 aromatic carbocycles. The maximum Gasteiger partial charge on any atom is 0.335 e. The number of benzene rings is 1. The Hall–Kier alpha value is -2.98. The van der Waals surface area contributed by atoms with E-state index in [9.17, 15) is 24.3 Å². The minimum absolute atomic E-state index is 0.0275. The number of esters is 1. The highest BCUT2D eigenvalue weighted by molar-refractivity contribution is 6.02. The van der Waals surface area contributed by atoms with Gasteiger partial charge in [0, 0.05) is 17.9 Å². The number of hydrogen-bond donors (Lipinski definition) is 3. The fourth-order valence-corrected chi connectivity index (χ4v) is 3.29. The molecule has 3 rings (SSSR count). The van der Waals surface area contributed by atoms with Gasteiger partial charge in [0.1, 0.15) is 0 Å². The number of anilines is 2. The maximum absolute atomic E-state index is 12.5. The molecule has 2 aliphatic rings. The Kier molecular flexibility index (Phi) is 5.61. The van der Waals surface area contributed by atoms with E-state index in [1.807, 2.05) is 0 Å². The standard InChI is InChI=1S/C18H20N2O8/c1-27-13(21)7-10-6-9-2-3-11(8-12(9)19-16(10)23)20-4-5-28-15(17(20)24)14(22)18(25)26/h2-3,8,10,14-15,22H,4-7H2,1H3,(H,19,23)(H,25,26)/t10?,14-,15-/m1/s1. The van der Waals surface area contributed by atoms with Crippen molar-refractivity contribution in [1.82, 2.24) is 0 Å². The Bertz CT molecular complexity index is 824. The Morgan fingerprint density at radius 3 is 2.82 bits per heavy atom. The molecule has 0 aromatic heterocycles. The van der Waals surface area contributed by atoms with E-state index in [2.05, 4.69) is 10.1 Å². The lowest BCUT2D eigenvalue weighted by molar-refractivity contribution is -0.163. The zero-order valence-corrected chi connectivity index (χ0v) is 15.1. The summed E-state index contributed by atoms with van der Waals surface area (Å²) in [5.41, 5.74) is 1.76. The second kappa shape index (κ2) is 7.95. The van der Waals surface area contributed by atoms with Crippen molar-refractivity contribution in [2.24, 2.45) is 5.92 Å². The molecule has 0 spiro atoms. The Labute approximate surface area is 160 Å². The number of ether oxygens (including phenoxy) is 2. The predicted molar refractivity (Wildman–Crippen MR) is 94.6 cm³/mol. The lowest BCUT2D eigenvalue weighted by atomic mass is 9.90. The fourth-order valence-electron chi connectivity index (χ4n) is 3.29. The third-order valence-electron chi connectivity index (χ3n) is 4.80. The third-order valence-corrected chi connectivity index (χ3v) is 4.80. The normalized spacial score (nSPS) is 22.9. The van der Waals surface area contributed by atoms with Gasteiger partial charge in [-0.2, -0.15) is 0 Å². The number of carboxylic acid groups (broad SMARTS) is 1. The molecule has 3 N–H and O–H groups in total. The topological polar surface area (TPSA) is 142 Å². The summed E-state index contributed by atoms with van der Waals surface area (Å²) < 4.78 is 9.73. The second-order valence-corrected chi connectivity index (χ2v) is 6.58. The fraction of sp³-hybridized carbons (Fsp3) is 0.444. The lowest BCUT2D eigenvalue weighted by Crippen LogP contribution is -2.54. The van der Waals surface area contributed by atoms with Gasteiger partial charge in [-0.3, -0.25) is 14.4 Å². The number of hydrogen-bond acceptors (Lipinski definition) is 7. The molecule has 2 aliphatic heterocycles. The van der Waals surface area contributed by atoms with Crippen LogP contribution in [0.4, 0.5) is 11.4 Å². The number of rotatable bonds is 5. The average Bonchev–Trinajstić information content (AvgIpc) is 2.67. The van der Waals surface area contributed by atoms with E-state index in [-0.39, 0.29) is 25.5 Å². The summed E-state index contributed by atoms with van der Waals surface area (Å²) in [6.45, 7) is 0.241. The van der Waals surface area contributed by atoms with Gasteiger partial charge in [0.15, 0.2) is 12.2 Å². The number of aliphatic carboxylic acids is 1. The molecular weight excluding hydrogens is 372 g/mol. The number of amides is 2.